The molecule has 0 bridgehead atoms. The third-order valence-corrected chi connectivity index (χ3v) is 4.22. The van der Waals surface area contributed by atoms with Crippen LogP contribution in [0.15, 0.2) is 30.3 Å². The molecule has 0 aliphatic heterocycles. The second-order valence-corrected chi connectivity index (χ2v) is 6.10. The Bertz CT molecular complexity index is 743. The molecule has 0 atom stereocenters. The van der Waals surface area contributed by atoms with Crippen LogP contribution in [-0.2, 0) is 4.79 Å². The molecule has 1 aromatic carbocycles. The van der Waals surface area contributed by atoms with Crippen LogP contribution >= 0.6 is 0 Å². The van der Waals surface area contributed by atoms with Crippen LogP contribution in [0.4, 0.5) is 0 Å². The lowest BCUT2D eigenvalue weighted by Crippen LogP contribution is -2.46. The summed E-state index contributed by atoms with van der Waals surface area (Å²) in [7, 11) is 0. The van der Waals surface area contributed by atoms with E-state index in [4.69, 9.17) is 5.11 Å². The van der Waals surface area contributed by atoms with Crippen molar-refractivity contribution in [3.63, 3.8) is 0 Å². The molecule has 6 nitrogen and oxygen atoms in total. The lowest BCUT2D eigenvalue weighted by molar-refractivity contribution is -0.145. The van der Waals surface area contributed by atoms with Crippen molar-refractivity contribution in [1.29, 1.82) is 0 Å². The van der Waals surface area contributed by atoms with Crippen molar-refractivity contribution in [2.75, 3.05) is 0 Å². The van der Waals surface area contributed by atoms with Crippen LogP contribution < -0.4 is 5.32 Å². The predicted octanol–water partition coefficient (Wildman–Crippen LogP) is 2.08. The molecule has 6 heteroatoms. The van der Waals surface area contributed by atoms with Crippen molar-refractivity contribution in [2.45, 2.75) is 32.7 Å². The molecule has 1 saturated carbocycles. The molecule has 1 amide bonds. The monoisotopic (exact) mass is 313 g/mol. The highest BCUT2D eigenvalue weighted by Crippen LogP contribution is 2.27. The third kappa shape index (κ3) is 3.11. The number of carboxylic acids is 1. The second kappa shape index (κ2) is 5.87. The molecule has 1 aliphatic carbocycles. The highest BCUT2D eigenvalue weighted by molar-refractivity contribution is 5.92. The van der Waals surface area contributed by atoms with Gasteiger partial charge in [0.25, 0.3) is 5.91 Å². The van der Waals surface area contributed by atoms with Gasteiger partial charge in [0.15, 0.2) is 5.69 Å². The minimum absolute atomic E-state index is 0.0755. The number of amides is 1. The minimum Gasteiger partial charge on any atom is -0.481 e. The Morgan fingerprint density at radius 2 is 1.87 bits per heavy atom. The van der Waals surface area contributed by atoms with Crippen molar-refractivity contribution in [3.8, 4) is 5.69 Å². The summed E-state index contributed by atoms with van der Waals surface area (Å²) in [6, 6.07) is 9.57. The van der Waals surface area contributed by atoms with Crippen molar-refractivity contribution in [2.24, 2.45) is 5.92 Å². The van der Waals surface area contributed by atoms with Gasteiger partial charge in [0.2, 0.25) is 0 Å². The number of carboxylic acid groups (broad SMARTS) is 1. The molecule has 0 spiro atoms. The van der Waals surface area contributed by atoms with Crippen molar-refractivity contribution in [3.05, 3.63) is 47.3 Å². The number of carbonyl (C=O) groups excluding carboxylic acids is 1. The quantitative estimate of drug-likeness (QED) is 0.905. The smallest absolute Gasteiger partial charge is 0.306 e. The number of nitrogens with one attached hydrogen (secondary N) is 1. The summed E-state index contributed by atoms with van der Waals surface area (Å²) in [5.41, 5.74) is 3.29. The number of hydrogen-bond donors (Lipinski definition) is 2. The standard InChI is InChI=1S/C17H19N3O3/c1-10-3-5-14(6-4-10)20-11(2)7-15(19-20)16(21)18-13-8-12(9-13)17(22)23/h3-7,12-13H,8-9H2,1-2H3,(H,18,21)(H,22,23). The van der Waals surface area contributed by atoms with E-state index in [2.05, 4.69) is 10.4 Å². The van der Waals surface area contributed by atoms with Gasteiger partial charge in [-0.05, 0) is 44.9 Å². The molecule has 0 unspecified atom stereocenters. The summed E-state index contributed by atoms with van der Waals surface area (Å²) in [5, 5.41) is 16.1. The molecular weight excluding hydrogens is 294 g/mol. The Morgan fingerprint density at radius 3 is 2.48 bits per heavy atom. The Balaban J connectivity index is 1.69. The molecule has 3 rings (SSSR count). The van der Waals surface area contributed by atoms with E-state index in [1.54, 1.807) is 10.7 Å². The number of hydrogen-bond acceptors (Lipinski definition) is 3. The Kier molecular flexibility index (Phi) is 3.90. The summed E-state index contributed by atoms with van der Waals surface area (Å²) in [6.45, 7) is 3.91. The van der Waals surface area contributed by atoms with Gasteiger partial charge in [-0.15, -0.1) is 0 Å². The van der Waals surface area contributed by atoms with Crippen LogP contribution in [0, 0.1) is 19.8 Å². The van der Waals surface area contributed by atoms with Gasteiger partial charge in [-0.25, -0.2) is 4.68 Å². The lowest BCUT2D eigenvalue weighted by atomic mass is 9.80. The van der Waals surface area contributed by atoms with Crippen molar-refractivity contribution < 1.29 is 14.7 Å². The Labute approximate surface area is 134 Å². The largest absolute Gasteiger partial charge is 0.481 e. The molecular formula is C17H19N3O3. The fourth-order valence-corrected chi connectivity index (χ4v) is 2.73. The fourth-order valence-electron chi connectivity index (χ4n) is 2.73. The normalized spacial score (nSPS) is 19.9. The fraction of sp³-hybridized carbons (Fsp3) is 0.353. The molecule has 1 fully saturated rings. The van der Waals surface area contributed by atoms with E-state index in [1.807, 2.05) is 38.1 Å². The topological polar surface area (TPSA) is 84.2 Å². The van der Waals surface area contributed by atoms with Crippen molar-refractivity contribution >= 4 is 11.9 Å². The van der Waals surface area contributed by atoms with Gasteiger partial charge in [-0.3, -0.25) is 9.59 Å². The second-order valence-electron chi connectivity index (χ2n) is 6.10. The minimum atomic E-state index is -0.796. The van der Waals surface area contributed by atoms with Gasteiger partial charge in [0.05, 0.1) is 11.6 Å². The number of aromatic nitrogens is 2. The summed E-state index contributed by atoms with van der Waals surface area (Å²) in [5.74, 6) is -1.39. The van der Waals surface area contributed by atoms with E-state index in [0.717, 1.165) is 16.9 Å². The first-order chi connectivity index (χ1) is 10.9. The molecule has 0 saturated heterocycles. The molecule has 2 N–H and O–H groups in total. The zero-order valence-corrected chi connectivity index (χ0v) is 13.1. The van der Waals surface area contributed by atoms with Crippen LogP contribution in [0.5, 0.6) is 0 Å². The highest BCUT2D eigenvalue weighted by Gasteiger charge is 2.35. The van der Waals surface area contributed by atoms with E-state index in [-0.39, 0.29) is 17.9 Å². The van der Waals surface area contributed by atoms with Gasteiger partial charge in [0, 0.05) is 11.7 Å². The lowest BCUT2D eigenvalue weighted by Gasteiger charge is -2.32. The van der Waals surface area contributed by atoms with Gasteiger partial charge in [0.1, 0.15) is 0 Å². The molecule has 1 aliphatic rings. The highest BCUT2D eigenvalue weighted by atomic mass is 16.4. The number of nitrogens with zero attached hydrogens (tertiary/aromatic N) is 2. The van der Waals surface area contributed by atoms with E-state index in [0.29, 0.717) is 18.5 Å². The first-order valence-electron chi connectivity index (χ1n) is 7.61. The SMILES string of the molecule is Cc1ccc(-n2nc(C(=O)NC3CC(C(=O)O)C3)cc2C)cc1. The first kappa shape index (κ1) is 15.3. The summed E-state index contributed by atoms with van der Waals surface area (Å²) < 4.78 is 1.73. The number of rotatable bonds is 4. The number of aryl methyl sites for hydroxylation is 2. The zero-order valence-electron chi connectivity index (χ0n) is 13.1. The van der Waals surface area contributed by atoms with Crippen LogP contribution in [0.25, 0.3) is 5.69 Å². The van der Waals surface area contributed by atoms with E-state index in [9.17, 15) is 9.59 Å². The number of aliphatic carboxylic acids is 1. The van der Waals surface area contributed by atoms with Crippen LogP contribution in [0.2, 0.25) is 0 Å². The Morgan fingerprint density at radius 1 is 1.22 bits per heavy atom. The van der Waals surface area contributed by atoms with E-state index < -0.39 is 5.97 Å². The molecule has 0 radical (unpaired) electrons. The predicted molar refractivity (Wildman–Crippen MR) is 84.7 cm³/mol. The van der Waals surface area contributed by atoms with Crippen LogP contribution in [-0.4, -0.2) is 32.8 Å². The summed E-state index contributed by atoms with van der Waals surface area (Å²) in [4.78, 5) is 23.0. The Hall–Kier alpha value is -2.63. The number of benzene rings is 1. The maximum Gasteiger partial charge on any atom is 0.306 e. The molecule has 120 valence electrons. The number of carbonyl (C=O) groups is 2. The molecule has 2 aromatic rings. The van der Waals surface area contributed by atoms with Crippen molar-refractivity contribution in [1.82, 2.24) is 15.1 Å². The summed E-state index contributed by atoms with van der Waals surface area (Å²) >= 11 is 0. The average molecular weight is 313 g/mol. The maximum atomic E-state index is 12.2. The molecule has 23 heavy (non-hydrogen) atoms. The molecule has 1 heterocycles. The van der Waals surface area contributed by atoms with Crippen LogP contribution in [0.1, 0.15) is 34.6 Å². The van der Waals surface area contributed by atoms with Gasteiger partial charge in [-0.2, -0.15) is 5.10 Å². The zero-order chi connectivity index (χ0) is 16.6. The van der Waals surface area contributed by atoms with Gasteiger partial charge >= 0.3 is 5.97 Å². The summed E-state index contributed by atoms with van der Waals surface area (Å²) in [6.07, 6.45) is 0.970. The van der Waals surface area contributed by atoms with Crippen LogP contribution in [0.3, 0.4) is 0 Å². The van der Waals surface area contributed by atoms with Gasteiger partial charge < -0.3 is 10.4 Å². The molecule has 1 aromatic heterocycles. The van der Waals surface area contributed by atoms with E-state index >= 15 is 0 Å². The third-order valence-electron chi connectivity index (χ3n) is 4.22. The van der Waals surface area contributed by atoms with E-state index in [1.165, 1.54) is 0 Å². The first-order valence-corrected chi connectivity index (χ1v) is 7.61. The average Bonchev–Trinajstić information content (AvgIpc) is 2.84. The maximum absolute atomic E-state index is 12.2. The van der Waals surface area contributed by atoms with Gasteiger partial charge in [-0.1, -0.05) is 17.7 Å².